The molecule has 3 rings (SSSR count). The van der Waals surface area contributed by atoms with Crippen LogP contribution in [0.2, 0.25) is 0 Å². The Morgan fingerprint density at radius 2 is 2.06 bits per heavy atom. The molecule has 1 aromatic rings. The summed E-state index contributed by atoms with van der Waals surface area (Å²) in [5, 5.41) is 4.75. The highest BCUT2D eigenvalue weighted by Crippen LogP contribution is 2.32. The average Bonchev–Trinajstić information content (AvgIpc) is 2.83. The molecule has 1 heterocycles. The number of aryl methyl sites for hydroxylation is 1. The molecule has 1 atom stereocenters. The van der Waals surface area contributed by atoms with Crippen LogP contribution < -0.4 is 5.32 Å². The fourth-order valence-electron chi connectivity index (χ4n) is 3.32. The summed E-state index contributed by atoms with van der Waals surface area (Å²) in [5.41, 5.74) is 2.76. The number of nitrogens with one attached hydrogen (secondary N) is 1. The molecule has 0 bridgehead atoms. The third-order valence-electron chi connectivity index (χ3n) is 4.40. The van der Waals surface area contributed by atoms with Gasteiger partial charge in [0.15, 0.2) is 0 Å². The molecule has 2 aliphatic carbocycles. The van der Waals surface area contributed by atoms with Gasteiger partial charge < -0.3 is 5.32 Å². The van der Waals surface area contributed by atoms with Crippen LogP contribution in [0.3, 0.4) is 0 Å². The number of aromatic nitrogens is 1. The minimum atomic E-state index is 0.511. The maximum Gasteiger partial charge on any atom is 0.0605 e. The molecule has 1 unspecified atom stereocenters. The largest absolute Gasteiger partial charge is 0.306 e. The number of nitrogens with zero attached hydrogens (tertiary/aromatic N) is 1. The molecule has 18 heavy (non-hydrogen) atoms. The maximum atomic E-state index is 4.57. The van der Waals surface area contributed by atoms with Crippen molar-refractivity contribution in [2.75, 3.05) is 6.26 Å². The summed E-state index contributed by atoms with van der Waals surface area (Å²) >= 11 is 2.04. The molecule has 2 nitrogen and oxygen atoms in total. The molecule has 0 aliphatic heterocycles. The van der Waals surface area contributed by atoms with E-state index in [4.69, 9.17) is 0 Å². The second kappa shape index (κ2) is 5.62. The molecule has 0 aromatic carbocycles. The van der Waals surface area contributed by atoms with Crippen LogP contribution in [0.4, 0.5) is 0 Å². The predicted molar refractivity (Wildman–Crippen MR) is 78.0 cm³/mol. The zero-order valence-corrected chi connectivity index (χ0v) is 11.9. The van der Waals surface area contributed by atoms with Crippen LogP contribution in [0.25, 0.3) is 0 Å². The van der Waals surface area contributed by atoms with Crippen molar-refractivity contribution in [3.05, 3.63) is 29.6 Å². The SMILES string of the molecule is CSC1CCC(NC2CCc3cccnc32)CC1. The Hall–Kier alpha value is -0.540. The molecule has 1 aromatic heterocycles. The topological polar surface area (TPSA) is 24.9 Å². The van der Waals surface area contributed by atoms with Gasteiger partial charge in [-0.05, 0) is 56.4 Å². The molecule has 1 N–H and O–H groups in total. The molecule has 0 radical (unpaired) electrons. The standard InChI is InChI=1S/C15H22N2S/c1-18-13-7-5-12(6-8-13)17-14-9-4-11-3-2-10-16-15(11)14/h2-3,10,12-14,17H,4-9H2,1H3. The smallest absolute Gasteiger partial charge is 0.0605 e. The van der Waals surface area contributed by atoms with E-state index in [2.05, 4.69) is 28.7 Å². The summed E-state index contributed by atoms with van der Waals surface area (Å²) in [4.78, 5) is 4.57. The highest BCUT2D eigenvalue weighted by Gasteiger charge is 2.27. The summed E-state index contributed by atoms with van der Waals surface area (Å²) in [6.45, 7) is 0. The zero-order chi connectivity index (χ0) is 12.4. The quantitative estimate of drug-likeness (QED) is 0.904. The molecule has 0 saturated heterocycles. The molecule has 3 heteroatoms. The van der Waals surface area contributed by atoms with E-state index in [1.807, 2.05) is 18.0 Å². The first-order valence-corrected chi connectivity index (χ1v) is 8.38. The fourth-order valence-corrected chi connectivity index (χ4v) is 4.07. The summed E-state index contributed by atoms with van der Waals surface area (Å²) in [7, 11) is 0. The summed E-state index contributed by atoms with van der Waals surface area (Å²) < 4.78 is 0. The summed E-state index contributed by atoms with van der Waals surface area (Å²) in [6.07, 6.45) is 12.0. The Morgan fingerprint density at radius 3 is 2.83 bits per heavy atom. The lowest BCUT2D eigenvalue weighted by Gasteiger charge is -2.30. The van der Waals surface area contributed by atoms with E-state index < -0.39 is 0 Å². The summed E-state index contributed by atoms with van der Waals surface area (Å²) in [5.74, 6) is 0. The van der Waals surface area contributed by atoms with Gasteiger partial charge in [0.2, 0.25) is 0 Å². The molecule has 1 saturated carbocycles. The van der Waals surface area contributed by atoms with Crippen molar-refractivity contribution in [3.63, 3.8) is 0 Å². The van der Waals surface area contributed by atoms with Crippen LogP contribution >= 0.6 is 11.8 Å². The van der Waals surface area contributed by atoms with Crippen LogP contribution in [-0.4, -0.2) is 22.5 Å². The average molecular weight is 262 g/mol. The highest BCUT2D eigenvalue weighted by molar-refractivity contribution is 7.99. The van der Waals surface area contributed by atoms with Crippen LogP contribution in [-0.2, 0) is 6.42 Å². The van der Waals surface area contributed by atoms with Gasteiger partial charge in [0, 0.05) is 17.5 Å². The Morgan fingerprint density at radius 1 is 1.22 bits per heavy atom. The van der Waals surface area contributed by atoms with E-state index in [-0.39, 0.29) is 0 Å². The summed E-state index contributed by atoms with van der Waals surface area (Å²) in [6, 6.07) is 5.52. The van der Waals surface area contributed by atoms with Gasteiger partial charge >= 0.3 is 0 Å². The number of thioether (sulfide) groups is 1. The number of fused-ring (bicyclic) bond motifs is 1. The van der Waals surface area contributed by atoms with E-state index >= 15 is 0 Å². The lowest BCUT2D eigenvalue weighted by Crippen LogP contribution is -2.36. The molecule has 1 fully saturated rings. The van der Waals surface area contributed by atoms with Crippen LogP contribution in [0.5, 0.6) is 0 Å². The lowest BCUT2D eigenvalue weighted by atomic mass is 9.94. The fraction of sp³-hybridized carbons (Fsp3) is 0.667. The van der Waals surface area contributed by atoms with E-state index in [0.717, 1.165) is 5.25 Å². The van der Waals surface area contributed by atoms with Gasteiger partial charge in [-0.1, -0.05) is 6.07 Å². The Bertz CT molecular complexity index is 399. The third kappa shape index (κ3) is 2.57. The van der Waals surface area contributed by atoms with E-state index in [9.17, 15) is 0 Å². The molecule has 2 aliphatic rings. The number of hydrogen-bond donors (Lipinski definition) is 1. The molecular formula is C15H22N2S. The predicted octanol–water partition coefficient (Wildman–Crippen LogP) is 3.33. The highest BCUT2D eigenvalue weighted by atomic mass is 32.2. The van der Waals surface area contributed by atoms with E-state index in [0.29, 0.717) is 12.1 Å². The lowest BCUT2D eigenvalue weighted by molar-refractivity contribution is 0.340. The molecular weight excluding hydrogens is 240 g/mol. The van der Waals surface area contributed by atoms with Crippen molar-refractivity contribution in [1.82, 2.24) is 10.3 Å². The van der Waals surface area contributed by atoms with Crippen molar-refractivity contribution < 1.29 is 0 Å². The van der Waals surface area contributed by atoms with E-state index in [1.54, 1.807) is 0 Å². The first kappa shape index (κ1) is 12.5. The zero-order valence-electron chi connectivity index (χ0n) is 11.1. The normalized spacial score (nSPS) is 31.3. The first-order valence-electron chi connectivity index (χ1n) is 7.09. The van der Waals surface area contributed by atoms with Crippen LogP contribution in [0, 0.1) is 0 Å². The van der Waals surface area contributed by atoms with Crippen molar-refractivity contribution in [2.24, 2.45) is 0 Å². The van der Waals surface area contributed by atoms with Crippen molar-refractivity contribution in [2.45, 2.75) is 55.9 Å². The van der Waals surface area contributed by atoms with Crippen molar-refractivity contribution >= 4 is 11.8 Å². The molecule has 0 amide bonds. The molecule has 98 valence electrons. The second-order valence-corrected chi connectivity index (χ2v) is 6.65. The first-order chi connectivity index (χ1) is 8.86. The third-order valence-corrected chi connectivity index (χ3v) is 5.54. The Balaban J connectivity index is 1.59. The monoisotopic (exact) mass is 262 g/mol. The Labute approximate surface area is 114 Å². The number of pyridine rings is 1. The van der Waals surface area contributed by atoms with Gasteiger partial charge in [0.1, 0.15) is 0 Å². The van der Waals surface area contributed by atoms with Gasteiger partial charge in [-0.15, -0.1) is 0 Å². The van der Waals surface area contributed by atoms with E-state index in [1.165, 1.54) is 49.8 Å². The minimum Gasteiger partial charge on any atom is -0.306 e. The van der Waals surface area contributed by atoms with Gasteiger partial charge in [-0.3, -0.25) is 4.98 Å². The second-order valence-electron chi connectivity index (χ2n) is 5.52. The number of rotatable bonds is 3. The molecule has 0 spiro atoms. The number of hydrogen-bond acceptors (Lipinski definition) is 3. The van der Waals surface area contributed by atoms with Gasteiger partial charge in [-0.25, -0.2) is 0 Å². The van der Waals surface area contributed by atoms with Crippen LogP contribution in [0.1, 0.15) is 49.4 Å². The van der Waals surface area contributed by atoms with Crippen LogP contribution in [0.15, 0.2) is 18.3 Å². The Kier molecular flexibility index (Phi) is 3.90. The van der Waals surface area contributed by atoms with Crippen molar-refractivity contribution in [1.29, 1.82) is 0 Å². The maximum absolute atomic E-state index is 4.57. The van der Waals surface area contributed by atoms with Gasteiger partial charge in [0.05, 0.1) is 11.7 Å². The minimum absolute atomic E-state index is 0.511. The van der Waals surface area contributed by atoms with Crippen molar-refractivity contribution in [3.8, 4) is 0 Å². The van der Waals surface area contributed by atoms with Gasteiger partial charge in [0.25, 0.3) is 0 Å². The van der Waals surface area contributed by atoms with Gasteiger partial charge in [-0.2, -0.15) is 11.8 Å².